The van der Waals surface area contributed by atoms with Gasteiger partial charge in [0.15, 0.2) is 0 Å². The fourth-order valence-corrected chi connectivity index (χ4v) is 2.34. The highest BCUT2D eigenvalue weighted by Gasteiger charge is 2.05. The van der Waals surface area contributed by atoms with Crippen LogP contribution in [-0.4, -0.2) is 14.9 Å². The summed E-state index contributed by atoms with van der Waals surface area (Å²) in [6.07, 6.45) is 1.06. The van der Waals surface area contributed by atoms with Crippen molar-refractivity contribution in [3.8, 4) is 0 Å². The van der Waals surface area contributed by atoms with Gasteiger partial charge in [-0.1, -0.05) is 41.0 Å². The van der Waals surface area contributed by atoms with E-state index in [0.717, 1.165) is 16.4 Å². The Hall–Kier alpha value is -1.24. The number of nitrogens with two attached hydrogens (primary N) is 1. The molecule has 0 atom stereocenters. The minimum absolute atomic E-state index is 0.341. The second-order valence-electron chi connectivity index (χ2n) is 3.37. The average molecular weight is 303 g/mol. The largest absolute Gasteiger partial charge is 0.334 e. The van der Waals surface area contributed by atoms with Gasteiger partial charge in [-0.2, -0.15) is 9.77 Å². The summed E-state index contributed by atoms with van der Waals surface area (Å²) in [5, 5.41) is 8.67. The highest BCUT2D eigenvalue weighted by Crippen LogP contribution is 2.26. The molecule has 0 saturated carbocycles. The van der Waals surface area contributed by atoms with Crippen LogP contribution in [0.5, 0.6) is 0 Å². The van der Waals surface area contributed by atoms with Gasteiger partial charge in [-0.05, 0) is 17.7 Å². The molecular formula is C10H8Cl2N4OS. The van der Waals surface area contributed by atoms with Crippen LogP contribution in [0.25, 0.3) is 0 Å². The summed E-state index contributed by atoms with van der Waals surface area (Å²) in [4.78, 5) is 11.2. The minimum Gasteiger partial charge on any atom is -0.334 e. The second-order valence-corrected chi connectivity index (χ2v) is 5.13. The fraction of sp³-hybridized carbons (Fsp3) is 0.100. The van der Waals surface area contributed by atoms with Crippen LogP contribution in [0.4, 0.5) is 0 Å². The van der Waals surface area contributed by atoms with E-state index in [4.69, 9.17) is 29.0 Å². The van der Waals surface area contributed by atoms with Crippen LogP contribution in [0.2, 0.25) is 10.0 Å². The van der Waals surface area contributed by atoms with Crippen LogP contribution in [0.3, 0.4) is 0 Å². The number of rotatable bonds is 3. The van der Waals surface area contributed by atoms with Gasteiger partial charge in [-0.25, -0.2) is 0 Å². The van der Waals surface area contributed by atoms with Crippen LogP contribution in [0, 0.1) is 0 Å². The first-order valence-electron chi connectivity index (χ1n) is 4.84. The smallest absolute Gasteiger partial charge is 0.291 e. The normalized spacial score (nSPS) is 10.6. The van der Waals surface area contributed by atoms with Crippen LogP contribution >= 0.6 is 35.0 Å². The lowest BCUT2D eigenvalue weighted by Crippen LogP contribution is -2.29. The van der Waals surface area contributed by atoms with E-state index in [0.29, 0.717) is 21.0 Å². The molecule has 0 fully saturated rings. The van der Waals surface area contributed by atoms with Crippen LogP contribution in [0.15, 0.2) is 34.3 Å². The van der Waals surface area contributed by atoms with Gasteiger partial charge >= 0.3 is 0 Å². The fourth-order valence-electron chi connectivity index (χ4n) is 1.21. The van der Waals surface area contributed by atoms with Crippen molar-refractivity contribution in [2.24, 2.45) is 0 Å². The summed E-state index contributed by atoms with van der Waals surface area (Å²) in [6.45, 7) is 0. The standard InChI is InChI=1S/C10H8Cl2N4OS/c11-7-2-1-6(3-8(7)12)5-18-10-15-14-4-9(17)16(10)13/h1-4H,5,13H2. The number of benzene rings is 1. The number of thioether (sulfide) groups is 1. The van der Waals surface area contributed by atoms with Crippen molar-refractivity contribution in [2.45, 2.75) is 10.9 Å². The molecule has 2 rings (SSSR count). The van der Waals surface area contributed by atoms with E-state index in [-0.39, 0.29) is 0 Å². The molecular weight excluding hydrogens is 295 g/mol. The molecule has 0 spiro atoms. The highest BCUT2D eigenvalue weighted by molar-refractivity contribution is 7.98. The molecule has 0 aliphatic rings. The number of nitrogens with zero attached hydrogens (tertiary/aromatic N) is 3. The van der Waals surface area contributed by atoms with Crippen LogP contribution in [0.1, 0.15) is 5.56 Å². The molecule has 0 radical (unpaired) electrons. The summed E-state index contributed by atoms with van der Waals surface area (Å²) in [7, 11) is 0. The van der Waals surface area contributed by atoms with Crippen LogP contribution < -0.4 is 11.4 Å². The minimum atomic E-state index is -0.401. The number of nitrogen functional groups attached to an aromatic ring is 1. The third-order valence-electron chi connectivity index (χ3n) is 2.11. The third kappa shape index (κ3) is 2.95. The van der Waals surface area contributed by atoms with E-state index in [1.807, 2.05) is 6.07 Å². The van der Waals surface area contributed by atoms with E-state index in [2.05, 4.69) is 10.2 Å². The molecule has 0 bridgehead atoms. The predicted molar refractivity (Wildman–Crippen MR) is 72.5 cm³/mol. The van der Waals surface area contributed by atoms with Gasteiger partial charge in [0, 0.05) is 5.75 Å². The monoisotopic (exact) mass is 302 g/mol. The molecule has 0 saturated heterocycles. The summed E-state index contributed by atoms with van der Waals surface area (Å²) in [5.41, 5.74) is 0.550. The van der Waals surface area contributed by atoms with Crippen molar-refractivity contribution in [1.82, 2.24) is 14.9 Å². The maximum Gasteiger partial charge on any atom is 0.291 e. The quantitative estimate of drug-likeness (QED) is 0.693. The molecule has 18 heavy (non-hydrogen) atoms. The molecule has 8 heteroatoms. The predicted octanol–water partition coefficient (Wildman–Crippen LogP) is 1.95. The molecule has 2 N–H and O–H groups in total. The molecule has 1 heterocycles. The Morgan fingerprint density at radius 3 is 2.83 bits per heavy atom. The number of hydrogen-bond acceptors (Lipinski definition) is 5. The lowest BCUT2D eigenvalue weighted by molar-refractivity contribution is 0.698. The summed E-state index contributed by atoms with van der Waals surface area (Å²) in [6, 6.07) is 5.31. The first kappa shape index (κ1) is 13.2. The molecule has 0 aliphatic heterocycles. The first-order chi connectivity index (χ1) is 8.58. The van der Waals surface area contributed by atoms with Crippen molar-refractivity contribution in [1.29, 1.82) is 0 Å². The number of hydrogen-bond donors (Lipinski definition) is 1. The Kier molecular flexibility index (Phi) is 4.11. The van der Waals surface area contributed by atoms with E-state index >= 15 is 0 Å². The molecule has 0 aliphatic carbocycles. The van der Waals surface area contributed by atoms with Crippen molar-refractivity contribution in [3.63, 3.8) is 0 Å². The Labute approximate surface area is 117 Å². The zero-order chi connectivity index (χ0) is 13.1. The van der Waals surface area contributed by atoms with Crippen molar-refractivity contribution in [2.75, 3.05) is 5.84 Å². The van der Waals surface area contributed by atoms with Gasteiger partial charge in [0.25, 0.3) is 5.56 Å². The highest BCUT2D eigenvalue weighted by atomic mass is 35.5. The van der Waals surface area contributed by atoms with Crippen molar-refractivity contribution < 1.29 is 0 Å². The van der Waals surface area contributed by atoms with Crippen molar-refractivity contribution >= 4 is 35.0 Å². The van der Waals surface area contributed by atoms with Gasteiger partial charge < -0.3 is 5.84 Å². The van der Waals surface area contributed by atoms with Gasteiger partial charge in [-0.3, -0.25) is 4.79 Å². The number of aromatic nitrogens is 3. The van der Waals surface area contributed by atoms with Gasteiger partial charge in [-0.15, -0.1) is 5.10 Å². The SMILES string of the molecule is Nn1c(SCc2ccc(Cl)c(Cl)c2)nncc1=O. The van der Waals surface area contributed by atoms with Gasteiger partial charge in [0.2, 0.25) is 5.16 Å². The molecule has 94 valence electrons. The van der Waals surface area contributed by atoms with E-state index in [9.17, 15) is 4.79 Å². The lowest BCUT2D eigenvalue weighted by Gasteiger charge is -2.05. The van der Waals surface area contributed by atoms with E-state index in [1.54, 1.807) is 12.1 Å². The maximum atomic E-state index is 11.2. The molecule has 0 unspecified atom stereocenters. The molecule has 2 aromatic rings. The van der Waals surface area contributed by atoms with E-state index in [1.165, 1.54) is 11.8 Å². The Bertz CT molecular complexity index is 632. The zero-order valence-electron chi connectivity index (χ0n) is 9.01. The van der Waals surface area contributed by atoms with E-state index < -0.39 is 5.56 Å². The molecule has 1 aromatic carbocycles. The van der Waals surface area contributed by atoms with Gasteiger partial charge in [0.1, 0.15) is 6.20 Å². The average Bonchev–Trinajstić information content (AvgIpc) is 2.35. The summed E-state index contributed by atoms with van der Waals surface area (Å²) in [5.74, 6) is 6.10. The Balaban J connectivity index is 2.14. The molecule has 5 nitrogen and oxygen atoms in total. The third-order valence-corrected chi connectivity index (χ3v) is 3.86. The van der Waals surface area contributed by atoms with Crippen molar-refractivity contribution in [3.05, 3.63) is 50.4 Å². The first-order valence-corrected chi connectivity index (χ1v) is 6.58. The second kappa shape index (κ2) is 5.60. The van der Waals surface area contributed by atoms with Crippen LogP contribution in [-0.2, 0) is 5.75 Å². The Morgan fingerprint density at radius 1 is 1.33 bits per heavy atom. The topological polar surface area (TPSA) is 73.8 Å². The van der Waals surface area contributed by atoms with Gasteiger partial charge in [0.05, 0.1) is 10.0 Å². The number of halogens is 2. The lowest BCUT2D eigenvalue weighted by atomic mass is 10.2. The molecule has 0 amide bonds. The summed E-state index contributed by atoms with van der Waals surface area (Å²) >= 11 is 13.0. The molecule has 1 aromatic heterocycles. The zero-order valence-corrected chi connectivity index (χ0v) is 11.3. The summed E-state index contributed by atoms with van der Waals surface area (Å²) < 4.78 is 0.954. The maximum absolute atomic E-state index is 11.2. The Morgan fingerprint density at radius 2 is 2.11 bits per heavy atom.